The van der Waals surface area contributed by atoms with E-state index < -0.39 is 29.8 Å². The molecule has 2 N–H and O–H groups in total. The van der Waals surface area contributed by atoms with Gasteiger partial charge in [0, 0.05) is 24.9 Å². The van der Waals surface area contributed by atoms with Crippen LogP contribution < -0.4 is 5.73 Å². The lowest BCUT2D eigenvalue weighted by atomic mass is 9.84. The number of aromatic nitrogens is 3. The molecule has 9 nitrogen and oxygen atoms in total. The van der Waals surface area contributed by atoms with Crippen molar-refractivity contribution in [3.63, 3.8) is 0 Å². The van der Waals surface area contributed by atoms with Crippen LogP contribution in [-0.4, -0.2) is 87.3 Å². The molecule has 3 fully saturated rings. The molecule has 0 radical (unpaired) electrons. The highest BCUT2D eigenvalue weighted by atomic mass is 19.3. The van der Waals surface area contributed by atoms with Crippen molar-refractivity contribution < 1.29 is 23.0 Å². The second-order valence-electron chi connectivity index (χ2n) is 10.7. The van der Waals surface area contributed by atoms with Gasteiger partial charge < -0.3 is 20.1 Å². The van der Waals surface area contributed by atoms with Gasteiger partial charge in [0.15, 0.2) is 5.82 Å². The summed E-state index contributed by atoms with van der Waals surface area (Å²) < 4.78 is 43.4. The SMILES string of the molecule is CC(C)C(=O)O[C@H]1C[C@H](c2ccc3c(N)ncnn23)O[C@@H]1CN1CC(F)(F)CC12CCN(C)CC2. The number of anilines is 1. The van der Waals surface area contributed by atoms with Crippen LogP contribution >= 0.6 is 0 Å². The highest BCUT2D eigenvalue weighted by Crippen LogP contribution is 2.46. The Kier molecular flexibility index (Phi) is 6.21. The quantitative estimate of drug-likeness (QED) is 0.636. The Balaban J connectivity index is 1.41. The smallest absolute Gasteiger partial charge is 0.308 e. The van der Waals surface area contributed by atoms with Crippen molar-refractivity contribution in [2.24, 2.45) is 5.92 Å². The van der Waals surface area contributed by atoms with Gasteiger partial charge in [0.2, 0.25) is 0 Å². The van der Waals surface area contributed by atoms with Crippen molar-refractivity contribution in [3.05, 3.63) is 24.2 Å². The molecule has 5 heterocycles. The molecule has 1 spiro atoms. The van der Waals surface area contributed by atoms with Gasteiger partial charge in [-0.15, -0.1) is 0 Å². The number of nitrogens with two attached hydrogens (primary N) is 1. The molecule has 2 aromatic heterocycles. The Morgan fingerprint density at radius 3 is 2.77 bits per heavy atom. The van der Waals surface area contributed by atoms with Crippen LogP contribution in [0.15, 0.2) is 18.5 Å². The van der Waals surface area contributed by atoms with Gasteiger partial charge in [0.25, 0.3) is 5.92 Å². The largest absolute Gasteiger partial charge is 0.459 e. The van der Waals surface area contributed by atoms with Crippen LogP contribution in [-0.2, 0) is 14.3 Å². The Morgan fingerprint density at radius 1 is 1.31 bits per heavy atom. The molecule has 3 aliphatic rings. The van der Waals surface area contributed by atoms with E-state index in [0.29, 0.717) is 30.6 Å². The van der Waals surface area contributed by atoms with Crippen LogP contribution in [0, 0.1) is 5.92 Å². The predicted molar refractivity (Wildman–Crippen MR) is 125 cm³/mol. The van der Waals surface area contributed by atoms with Crippen molar-refractivity contribution in [1.82, 2.24) is 24.4 Å². The third-order valence-electron chi connectivity index (χ3n) is 7.78. The molecule has 0 aromatic carbocycles. The molecule has 3 saturated heterocycles. The second-order valence-corrected chi connectivity index (χ2v) is 10.7. The van der Waals surface area contributed by atoms with E-state index in [4.69, 9.17) is 15.2 Å². The van der Waals surface area contributed by atoms with Crippen LogP contribution in [0.4, 0.5) is 14.6 Å². The summed E-state index contributed by atoms with van der Waals surface area (Å²) >= 11 is 0. The maximum atomic E-state index is 14.7. The molecule has 35 heavy (non-hydrogen) atoms. The fourth-order valence-electron chi connectivity index (χ4n) is 5.79. The Morgan fingerprint density at radius 2 is 2.06 bits per heavy atom. The summed E-state index contributed by atoms with van der Waals surface area (Å²) in [4.78, 5) is 20.6. The molecule has 2 aromatic rings. The molecule has 0 saturated carbocycles. The van der Waals surface area contributed by atoms with Crippen molar-refractivity contribution in [3.8, 4) is 0 Å². The summed E-state index contributed by atoms with van der Waals surface area (Å²) in [6.07, 6.45) is 1.54. The highest BCUT2D eigenvalue weighted by Gasteiger charge is 2.56. The van der Waals surface area contributed by atoms with Crippen LogP contribution in [0.25, 0.3) is 5.52 Å². The molecule has 0 aliphatic carbocycles. The molecule has 3 aliphatic heterocycles. The number of carbonyl (C=O) groups is 1. The van der Waals surface area contributed by atoms with Crippen LogP contribution in [0.3, 0.4) is 0 Å². The Hall–Kier alpha value is -2.37. The number of ether oxygens (including phenoxy) is 2. The van der Waals surface area contributed by atoms with Gasteiger partial charge in [0.1, 0.15) is 30.2 Å². The molecule has 0 unspecified atom stereocenters. The summed E-state index contributed by atoms with van der Waals surface area (Å²) in [5.74, 6) is -3.01. The van der Waals surface area contributed by atoms with Gasteiger partial charge >= 0.3 is 5.97 Å². The maximum Gasteiger partial charge on any atom is 0.308 e. The van der Waals surface area contributed by atoms with E-state index in [1.807, 2.05) is 24.1 Å². The zero-order chi connectivity index (χ0) is 25.0. The average molecular weight is 493 g/mol. The number of piperidine rings is 1. The first-order valence-electron chi connectivity index (χ1n) is 12.3. The Labute approximate surface area is 203 Å². The standard InChI is InChI=1S/C24H34F2N6O3/c1-15(2)22(33)35-19-10-18(16-4-5-17-21(27)28-14-29-32(16)17)34-20(19)11-31-13-24(25,26)12-23(31)6-8-30(3)9-7-23/h4-5,14-15,18-20H,6-13H2,1-3H3,(H2,27,28,29)/t18-,19+,20-/m1/s1. The number of esters is 1. The van der Waals surface area contributed by atoms with E-state index >= 15 is 0 Å². The molecule has 3 atom stereocenters. The van der Waals surface area contributed by atoms with E-state index in [-0.39, 0.29) is 31.4 Å². The number of rotatable bonds is 5. The number of hydrogen-bond donors (Lipinski definition) is 1. The summed E-state index contributed by atoms with van der Waals surface area (Å²) in [5.41, 5.74) is 6.85. The normalized spacial score (nSPS) is 28.9. The number of hydrogen-bond acceptors (Lipinski definition) is 8. The number of carbonyl (C=O) groups excluding carboxylic acids is 1. The number of nitrogens with zero attached hydrogens (tertiary/aromatic N) is 5. The Bertz CT molecular complexity index is 1080. The summed E-state index contributed by atoms with van der Waals surface area (Å²) in [6, 6.07) is 3.70. The van der Waals surface area contributed by atoms with E-state index in [2.05, 4.69) is 15.0 Å². The number of fused-ring (bicyclic) bond motifs is 1. The minimum Gasteiger partial charge on any atom is -0.459 e. The average Bonchev–Trinajstić information content (AvgIpc) is 3.45. The number of halogens is 2. The fourth-order valence-corrected chi connectivity index (χ4v) is 5.79. The van der Waals surface area contributed by atoms with E-state index in [1.54, 1.807) is 18.4 Å². The van der Waals surface area contributed by atoms with E-state index in [9.17, 15) is 13.6 Å². The number of likely N-dealkylation sites (tertiary alicyclic amines) is 2. The molecular formula is C24H34F2N6O3. The van der Waals surface area contributed by atoms with Crippen LogP contribution in [0.2, 0.25) is 0 Å². The molecule has 11 heteroatoms. The first-order chi connectivity index (χ1) is 16.6. The third kappa shape index (κ3) is 4.61. The summed E-state index contributed by atoms with van der Waals surface area (Å²) in [7, 11) is 2.02. The maximum absolute atomic E-state index is 14.7. The lowest BCUT2D eigenvalue weighted by Gasteiger charge is -2.44. The van der Waals surface area contributed by atoms with Gasteiger partial charge in [0.05, 0.1) is 18.2 Å². The molecular weight excluding hydrogens is 458 g/mol. The summed E-state index contributed by atoms with van der Waals surface area (Å²) in [5, 5.41) is 4.31. The summed E-state index contributed by atoms with van der Waals surface area (Å²) in [6.45, 7) is 5.10. The molecule has 0 bridgehead atoms. The monoisotopic (exact) mass is 492 g/mol. The van der Waals surface area contributed by atoms with Crippen LogP contribution in [0.1, 0.15) is 51.3 Å². The topological polar surface area (TPSA) is 98.2 Å². The lowest BCUT2D eigenvalue weighted by Crippen LogP contribution is -2.54. The van der Waals surface area contributed by atoms with Gasteiger partial charge in [-0.25, -0.2) is 18.3 Å². The number of alkyl halides is 2. The number of nitrogen functional groups attached to an aromatic ring is 1. The highest BCUT2D eigenvalue weighted by molar-refractivity contribution is 5.71. The first-order valence-corrected chi connectivity index (χ1v) is 12.3. The predicted octanol–water partition coefficient (Wildman–Crippen LogP) is 2.51. The molecule has 0 amide bonds. The van der Waals surface area contributed by atoms with E-state index in [0.717, 1.165) is 18.8 Å². The van der Waals surface area contributed by atoms with Gasteiger partial charge in [-0.3, -0.25) is 9.69 Å². The van der Waals surface area contributed by atoms with Crippen molar-refractivity contribution >= 4 is 17.3 Å². The van der Waals surface area contributed by atoms with Gasteiger partial charge in [-0.2, -0.15) is 5.10 Å². The molecule has 192 valence electrons. The minimum absolute atomic E-state index is 0.139. The lowest BCUT2D eigenvalue weighted by molar-refractivity contribution is -0.156. The third-order valence-corrected chi connectivity index (χ3v) is 7.78. The second kappa shape index (κ2) is 8.94. The van der Waals surface area contributed by atoms with Crippen molar-refractivity contribution in [1.29, 1.82) is 0 Å². The zero-order valence-corrected chi connectivity index (χ0v) is 20.5. The van der Waals surface area contributed by atoms with Gasteiger partial charge in [-0.05, 0) is 45.1 Å². The minimum atomic E-state index is -2.75. The van der Waals surface area contributed by atoms with Gasteiger partial charge in [-0.1, -0.05) is 13.8 Å². The fraction of sp³-hybridized carbons (Fsp3) is 0.708. The van der Waals surface area contributed by atoms with Crippen LogP contribution in [0.5, 0.6) is 0 Å². The first kappa shape index (κ1) is 24.3. The molecule has 5 rings (SSSR count). The van der Waals surface area contributed by atoms with E-state index in [1.165, 1.54) is 6.33 Å². The van der Waals surface area contributed by atoms with Crippen molar-refractivity contribution in [2.45, 2.75) is 69.3 Å². The van der Waals surface area contributed by atoms with Crippen molar-refractivity contribution in [2.75, 3.05) is 39.0 Å². The zero-order valence-electron chi connectivity index (χ0n) is 20.5.